The zero-order chi connectivity index (χ0) is 13.2. The number of nitrogens with zero attached hydrogens (tertiary/aromatic N) is 1. The van der Waals surface area contributed by atoms with Crippen molar-refractivity contribution in [1.29, 1.82) is 0 Å². The number of rotatable bonds is 2. The fourth-order valence-corrected chi connectivity index (χ4v) is 2.55. The van der Waals surface area contributed by atoms with Gasteiger partial charge in [-0.05, 0) is 52.9 Å². The van der Waals surface area contributed by atoms with E-state index < -0.39 is 0 Å². The van der Waals surface area contributed by atoms with Gasteiger partial charge >= 0.3 is 0 Å². The van der Waals surface area contributed by atoms with E-state index in [2.05, 4.69) is 45.0 Å². The second-order valence-corrected chi connectivity index (χ2v) is 5.39. The molecule has 3 N–H and O–H groups in total. The zero-order valence-electron chi connectivity index (χ0n) is 10.1. The standard InChI is InChI=1S/C15H12IN3/c16-12-3-1-2-4-15(12)19-14-6-5-13(17)11-9-18-8-7-10(11)14/h1-9,19H,17H2. The molecule has 4 heteroatoms. The molecular formula is C15H12IN3. The van der Waals surface area contributed by atoms with E-state index in [-0.39, 0.29) is 0 Å². The molecule has 0 saturated heterocycles. The van der Waals surface area contributed by atoms with Crippen molar-refractivity contribution in [3.8, 4) is 0 Å². The third-order valence-electron chi connectivity index (χ3n) is 3.00. The van der Waals surface area contributed by atoms with Gasteiger partial charge in [-0.1, -0.05) is 12.1 Å². The Morgan fingerprint density at radius 3 is 2.63 bits per heavy atom. The third-order valence-corrected chi connectivity index (χ3v) is 3.94. The number of para-hydroxylation sites is 1. The molecule has 0 saturated carbocycles. The van der Waals surface area contributed by atoms with Crippen molar-refractivity contribution in [2.24, 2.45) is 0 Å². The normalized spacial score (nSPS) is 10.6. The van der Waals surface area contributed by atoms with Crippen molar-refractivity contribution in [3.63, 3.8) is 0 Å². The van der Waals surface area contributed by atoms with Crippen LogP contribution in [0.3, 0.4) is 0 Å². The van der Waals surface area contributed by atoms with E-state index in [0.29, 0.717) is 0 Å². The van der Waals surface area contributed by atoms with Gasteiger partial charge in [0.25, 0.3) is 0 Å². The number of hydrogen-bond acceptors (Lipinski definition) is 3. The number of benzene rings is 2. The van der Waals surface area contributed by atoms with E-state index in [1.165, 1.54) is 3.57 Å². The van der Waals surface area contributed by atoms with Crippen LogP contribution in [0.1, 0.15) is 0 Å². The largest absolute Gasteiger partial charge is 0.398 e. The number of fused-ring (bicyclic) bond motifs is 1. The quantitative estimate of drug-likeness (QED) is 0.532. The number of nitrogen functional groups attached to an aromatic ring is 1. The molecule has 3 rings (SSSR count). The van der Waals surface area contributed by atoms with Crippen molar-refractivity contribution < 1.29 is 0 Å². The second-order valence-electron chi connectivity index (χ2n) is 4.23. The summed E-state index contributed by atoms with van der Waals surface area (Å²) >= 11 is 2.32. The molecule has 0 radical (unpaired) electrons. The topological polar surface area (TPSA) is 50.9 Å². The number of halogens is 1. The molecule has 2 aromatic carbocycles. The van der Waals surface area contributed by atoms with Gasteiger partial charge in [-0.3, -0.25) is 4.98 Å². The predicted molar refractivity (Wildman–Crippen MR) is 88.6 cm³/mol. The molecule has 1 aromatic heterocycles. The fourth-order valence-electron chi connectivity index (χ4n) is 2.03. The van der Waals surface area contributed by atoms with E-state index in [4.69, 9.17) is 5.73 Å². The number of aromatic nitrogens is 1. The molecule has 3 nitrogen and oxygen atoms in total. The summed E-state index contributed by atoms with van der Waals surface area (Å²) in [6, 6.07) is 14.1. The summed E-state index contributed by atoms with van der Waals surface area (Å²) in [6.07, 6.45) is 3.58. The smallest absolute Gasteiger partial charge is 0.0520 e. The van der Waals surface area contributed by atoms with E-state index >= 15 is 0 Å². The molecule has 0 atom stereocenters. The Labute approximate surface area is 125 Å². The highest BCUT2D eigenvalue weighted by molar-refractivity contribution is 14.1. The highest BCUT2D eigenvalue weighted by Crippen LogP contribution is 2.31. The highest BCUT2D eigenvalue weighted by Gasteiger charge is 2.05. The van der Waals surface area contributed by atoms with Gasteiger partial charge in [-0.25, -0.2) is 0 Å². The average Bonchev–Trinajstić information content (AvgIpc) is 2.44. The van der Waals surface area contributed by atoms with Crippen LogP contribution in [0.5, 0.6) is 0 Å². The lowest BCUT2D eigenvalue weighted by molar-refractivity contribution is 1.36. The van der Waals surface area contributed by atoms with Gasteiger partial charge < -0.3 is 11.1 Å². The van der Waals surface area contributed by atoms with Gasteiger partial charge in [0.05, 0.1) is 5.69 Å². The van der Waals surface area contributed by atoms with Crippen LogP contribution in [0.4, 0.5) is 17.1 Å². The molecule has 0 spiro atoms. The first kappa shape index (κ1) is 12.2. The van der Waals surface area contributed by atoms with E-state index in [1.54, 1.807) is 12.4 Å². The summed E-state index contributed by atoms with van der Waals surface area (Å²) in [5.74, 6) is 0. The van der Waals surface area contributed by atoms with Crippen molar-refractivity contribution in [2.75, 3.05) is 11.1 Å². The molecule has 94 valence electrons. The molecule has 0 fully saturated rings. The minimum Gasteiger partial charge on any atom is -0.398 e. The first-order valence-corrected chi connectivity index (χ1v) is 6.97. The lowest BCUT2D eigenvalue weighted by atomic mass is 10.1. The number of hydrogen-bond donors (Lipinski definition) is 2. The van der Waals surface area contributed by atoms with Gasteiger partial charge in [0.2, 0.25) is 0 Å². The number of anilines is 3. The maximum absolute atomic E-state index is 5.98. The molecule has 0 aliphatic heterocycles. The fraction of sp³-hybridized carbons (Fsp3) is 0. The maximum Gasteiger partial charge on any atom is 0.0520 e. The summed E-state index contributed by atoms with van der Waals surface area (Å²) < 4.78 is 1.18. The Balaban J connectivity index is 2.12. The van der Waals surface area contributed by atoms with Crippen LogP contribution in [0.15, 0.2) is 54.9 Å². The first-order valence-electron chi connectivity index (χ1n) is 5.89. The number of nitrogens with one attached hydrogen (secondary N) is 1. The first-order chi connectivity index (χ1) is 9.25. The lowest BCUT2D eigenvalue weighted by Crippen LogP contribution is -1.96. The van der Waals surface area contributed by atoms with Crippen LogP contribution in [-0.2, 0) is 0 Å². The Hall–Kier alpha value is -1.82. The summed E-state index contributed by atoms with van der Waals surface area (Å²) in [5, 5.41) is 5.50. The van der Waals surface area contributed by atoms with Crippen LogP contribution in [-0.4, -0.2) is 4.98 Å². The van der Waals surface area contributed by atoms with Gasteiger partial charge in [0, 0.05) is 38.1 Å². The lowest BCUT2D eigenvalue weighted by Gasteiger charge is -2.12. The summed E-state index contributed by atoms with van der Waals surface area (Å²) in [4.78, 5) is 4.13. The molecule has 3 aromatic rings. The summed E-state index contributed by atoms with van der Waals surface area (Å²) in [7, 11) is 0. The minimum atomic E-state index is 0.747. The molecule has 19 heavy (non-hydrogen) atoms. The van der Waals surface area contributed by atoms with Gasteiger partial charge in [0.1, 0.15) is 0 Å². The van der Waals surface area contributed by atoms with E-state index in [0.717, 1.165) is 27.8 Å². The molecule has 0 unspecified atom stereocenters. The van der Waals surface area contributed by atoms with Crippen molar-refractivity contribution >= 4 is 50.4 Å². The summed E-state index contributed by atoms with van der Waals surface area (Å²) in [6.45, 7) is 0. The van der Waals surface area contributed by atoms with Gasteiger partial charge in [-0.15, -0.1) is 0 Å². The van der Waals surface area contributed by atoms with Crippen LogP contribution < -0.4 is 11.1 Å². The van der Waals surface area contributed by atoms with Crippen LogP contribution >= 0.6 is 22.6 Å². The molecular weight excluding hydrogens is 349 g/mol. The van der Waals surface area contributed by atoms with Crippen LogP contribution in [0.25, 0.3) is 10.8 Å². The monoisotopic (exact) mass is 361 g/mol. The maximum atomic E-state index is 5.98. The Morgan fingerprint density at radius 2 is 1.79 bits per heavy atom. The highest BCUT2D eigenvalue weighted by atomic mass is 127. The third kappa shape index (κ3) is 2.35. The van der Waals surface area contributed by atoms with E-state index in [1.807, 2.05) is 30.3 Å². The Bertz CT molecular complexity index is 740. The van der Waals surface area contributed by atoms with Gasteiger partial charge in [0.15, 0.2) is 0 Å². The van der Waals surface area contributed by atoms with E-state index in [9.17, 15) is 0 Å². The molecule has 0 aliphatic rings. The SMILES string of the molecule is Nc1ccc(Nc2ccccc2I)c2ccncc12. The minimum absolute atomic E-state index is 0.747. The van der Waals surface area contributed by atoms with Crippen LogP contribution in [0, 0.1) is 3.57 Å². The Kier molecular flexibility index (Phi) is 3.25. The predicted octanol–water partition coefficient (Wildman–Crippen LogP) is 4.17. The van der Waals surface area contributed by atoms with Crippen molar-refractivity contribution in [3.05, 3.63) is 58.4 Å². The number of pyridine rings is 1. The average molecular weight is 361 g/mol. The zero-order valence-corrected chi connectivity index (χ0v) is 12.3. The number of nitrogens with two attached hydrogens (primary N) is 1. The summed E-state index contributed by atoms with van der Waals surface area (Å²) in [5.41, 5.74) is 8.85. The molecule has 1 heterocycles. The second kappa shape index (κ2) is 5.05. The van der Waals surface area contributed by atoms with Crippen molar-refractivity contribution in [1.82, 2.24) is 4.98 Å². The van der Waals surface area contributed by atoms with Gasteiger partial charge in [-0.2, -0.15) is 0 Å². The van der Waals surface area contributed by atoms with Crippen molar-refractivity contribution in [2.45, 2.75) is 0 Å². The molecule has 0 aliphatic carbocycles. The van der Waals surface area contributed by atoms with Crippen LogP contribution in [0.2, 0.25) is 0 Å². The molecule has 0 amide bonds. The molecule has 0 bridgehead atoms. The Morgan fingerprint density at radius 1 is 0.947 bits per heavy atom.